The summed E-state index contributed by atoms with van der Waals surface area (Å²) in [4.78, 5) is 14.7. The molecule has 1 fully saturated rings. The van der Waals surface area contributed by atoms with E-state index in [1.54, 1.807) is 0 Å². The lowest BCUT2D eigenvalue weighted by Gasteiger charge is -2.25. The third kappa shape index (κ3) is 3.54. The van der Waals surface area contributed by atoms with Crippen molar-refractivity contribution in [2.24, 2.45) is 5.92 Å². The number of carbonyl (C=O) groups is 1. The van der Waals surface area contributed by atoms with E-state index < -0.39 is 0 Å². The Morgan fingerprint density at radius 1 is 1.65 bits per heavy atom. The van der Waals surface area contributed by atoms with E-state index in [1.807, 2.05) is 29.5 Å². The summed E-state index contributed by atoms with van der Waals surface area (Å²) in [5.41, 5.74) is 0. The zero-order valence-corrected chi connectivity index (χ0v) is 11.1. The molecule has 1 aromatic heterocycles. The van der Waals surface area contributed by atoms with Crippen LogP contribution in [0.1, 0.15) is 28.9 Å². The smallest absolute Gasteiger partial charge is 0.263 e. The lowest BCUT2D eigenvalue weighted by Crippen LogP contribution is -2.34. The number of thiophene rings is 1. The van der Waals surface area contributed by atoms with E-state index in [1.165, 1.54) is 24.2 Å². The number of piperidine rings is 1. The molecule has 2 heterocycles. The highest BCUT2D eigenvalue weighted by molar-refractivity contribution is 7.12. The van der Waals surface area contributed by atoms with Crippen LogP contribution in [0.15, 0.2) is 17.5 Å². The van der Waals surface area contributed by atoms with E-state index in [-0.39, 0.29) is 5.91 Å². The topological polar surface area (TPSA) is 32.3 Å². The van der Waals surface area contributed by atoms with Crippen LogP contribution in [0.3, 0.4) is 0 Å². The maximum absolute atomic E-state index is 12.0. The molecule has 1 atom stereocenters. The summed E-state index contributed by atoms with van der Waals surface area (Å²) < 4.78 is 0. The molecule has 1 N–H and O–H groups in total. The zero-order chi connectivity index (χ0) is 12.1. The first-order valence-corrected chi connectivity index (χ1v) is 7.15. The van der Waals surface area contributed by atoms with Crippen LogP contribution in [0.4, 0.5) is 0 Å². The fraction of sp³-hybridized carbons (Fsp3) is 0.615. The maximum Gasteiger partial charge on any atom is 0.263 e. The summed E-state index contributed by atoms with van der Waals surface area (Å²) >= 11 is 1.52. The normalized spacial score (nSPS) is 20.2. The van der Waals surface area contributed by atoms with Crippen molar-refractivity contribution in [3.8, 4) is 0 Å². The van der Waals surface area contributed by atoms with Crippen LogP contribution in [-0.2, 0) is 0 Å². The first-order valence-electron chi connectivity index (χ1n) is 6.27. The Kier molecular flexibility index (Phi) is 4.57. The second-order valence-electron chi connectivity index (χ2n) is 4.71. The van der Waals surface area contributed by atoms with Crippen molar-refractivity contribution >= 4 is 17.2 Å². The number of nitrogens with zero attached hydrogens (tertiary/aromatic N) is 1. The van der Waals surface area contributed by atoms with Gasteiger partial charge in [0.2, 0.25) is 0 Å². The molecule has 0 spiro atoms. The standard InChI is InChI=1S/C13H20N2OS/c1-15(13(16)12-5-3-9-17-12)8-6-11-4-2-7-14-10-11/h3,5,9,11,14H,2,4,6-8,10H2,1H3. The summed E-state index contributed by atoms with van der Waals surface area (Å²) in [6.07, 6.45) is 3.68. The van der Waals surface area contributed by atoms with Gasteiger partial charge < -0.3 is 10.2 Å². The predicted octanol–water partition coefficient (Wildman–Crippen LogP) is 2.21. The fourth-order valence-corrected chi connectivity index (χ4v) is 2.95. The molecule has 1 aliphatic rings. The highest BCUT2D eigenvalue weighted by Gasteiger charge is 2.16. The number of hydrogen-bond acceptors (Lipinski definition) is 3. The Morgan fingerprint density at radius 3 is 3.18 bits per heavy atom. The highest BCUT2D eigenvalue weighted by Crippen LogP contribution is 2.16. The molecule has 4 heteroatoms. The summed E-state index contributed by atoms with van der Waals surface area (Å²) in [6.45, 7) is 3.13. The van der Waals surface area contributed by atoms with Gasteiger partial charge in [0.05, 0.1) is 4.88 Å². The number of amides is 1. The number of hydrogen-bond donors (Lipinski definition) is 1. The summed E-state index contributed by atoms with van der Waals surface area (Å²) in [5.74, 6) is 0.895. The molecule has 0 bridgehead atoms. The number of nitrogens with one attached hydrogen (secondary N) is 1. The van der Waals surface area contributed by atoms with E-state index in [0.717, 1.165) is 36.9 Å². The monoisotopic (exact) mass is 252 g/mol. The molecular weight excluding hydrogens is 232 g/mol. The van der Waals surface area contributed by atoms with Gasteiger partial charge in [0.1, 0.15) is 0 Å². The molecule has 1 aromatic rings. The summed E-state index contributed by atoms with van der Waals surface area (Å²) in [6, 6.07) is 3.82. The molecule has 0 saturated carbocycles. The van der Waals surface area contributed by atoms with Crippen molar-refractivity contribution in [2.75, 3.05) is 26.7 Å². The van der Waals surface area contributed by atoms with Gasteiger partial charge in [0.25, 0.3) is 5.91 Å². The Balaban J connectivity index is 1.76. The van der Waals surface area contributed by atoms with Gasteiger partial charge in [-0.1, -0.05) is 6.07 Å². The number of carbonyl (C=O) groups excluding carboxylic acids is 1. The third-order valence-electron chi connectivity index (χ3n) is 3.35. The van der Waals surface area contributed by atoms with Gasteiger partial charge in [-0.15, -0.1) is 11.3 Å². The average Bonchev–Trinajstić information content (AvgIpc) is 2.90. The molecule has 1 aliphatic heterocycles. The Hall–Kier alpha value is -0.870. The molecule has 0 aromatic carbocycles. The fourth-order valence-electron chi connectivity index (χ4n) is 2.24. The van der Waals surface area contributed by atoms with Crippen molar-refractivity contribution in [2.45, 2.75) is 19.3 Å². The molecule has 0 radical (unpaired) electrons. The second-order valence-corrected chi connectivity index (χ2v) is 5.65. The van der Waals surface area contributed by atoms with Crippen molar-refractivity contribution in [1.82, 2.24) is 10.2 Å². The molecule has 2 rings (SSSR count). The molecule has 17 heavy (non-hydrogen) atoms. The second kappa shape index (κ2) is 6.17. The van der Waals surface area contributed by atoms with E-state index in [0.29, 0.717) is 0 Å². The van der Waals surface area contributed by atoms with Gasteiger partial charge >= 0.3 is 0 Å². The first-order chi connectivity index (χ1) is 8.27. The Morgan fingerprint density at radius 2 is 2.53 bits per heavy atom. The van der Waals surface area contributed by atoms with Crippen LogP contribution in [0, 0.1) is 5.92 Å². The third-order valence-corrected chi connectivity index (χ3v) is 4.21. The van der Waals surface area contributed by atoms with Crippen molar-refractivity contribution in [3.63, 3.8) is 0 Å². The van der Waals surface area contributed by atoms with Gasteiger partial charge in [0, 0.05) is 13.6 Å². The number of rotatable bonds is 4. The van der Waals surface area contributed by atoms with Crippen LogP contribution in [0.2, 0.25) is 0 Å². The van der Waals surface area contributed by atoms with E-state index in [4.69, 9.17) is 0 Å². The molecule has 94 valence electrons. The molecule has 1 saturated heterocycles. The Labute approximate surface area is 107 Å². The Bertz CT molecular complexity index is 344. The van der Waals surface area contributed by atoms with Gasteiger partial charge in [0.15, 0.2) is 0 Å². The van der Waals surface area contributed by atoms with Crippen LogP contribution in [-0.4, -0.2) is 37.5 Å². The minimum atomic E-state index is 0.156. The molecule has 1 unspecified atom stereocenters. The van der Waals surface area contributed by atoms with E-state index >= 15 is 0 Å². The van der Waals surface area contributed by atoms with Gasteiger partial charge in [-0.2, -0.15) is 0 Å². The molecular formula is C13H20N2OS. The maximum atomic E-state index is 12.0. The minimum absolute atomic E-state index is 0.156. The van der Waals surface area contributed by atoms with Crippen LogP contribution >= 0.6 is 11.3 Å². The summed E-state index contributed by atoms with van der Waals surface area (Å²) in [5, 5.41) is 5.36. The highest BCUT2D eigenvalue weighted by atomic mass is 32.1. The average molecular weight is 252 g/mol. The quantitative estimate of drug-likeness (QED) is 0.891. The lowest BCUT2D eigenvalue weighted by molar-refractivity contribution is 0.0789. The molecule has 1 amide bonds. The zero-order valence-electron chi connectivity index (χ0n) is 10.3. The van der Waals surface area contributed by atoms with Crippen molar-refractivity contribution in [1.29, 1.82) is 0 Å². The minimum Gasteiger partial charge on any atom is -0.341 e. The van der Waals surface area contributed by atoms with Crippen LogP contribution in [0.5, 0.6) is 0 Å². The largest absolute Gasteiger partial charge is 0.341 e. The van der Waals surface area contributed by atoms with E-state index in [2.05, 4.69) is 5.32 Å². The summed E-state index contributed by atoms with van der Waals surface area (Å²) in [7, 11) is 1.90. The van der Waals surface area contributed by atoms with Crippen LogP contribution in [0.25, 0.3) is 0 Å². The van der Waals surface area contributed by atoms with Gasteiger partial charge in [-0.05, 0) is 49.7 Å². The van der Waals surface area contributed by atoms with Crippen molar-refractivity contribution in [3.05, 3.63) is 22.4 Å². The van der Waals surface area contributed by atoms with Gasteiger partial charge in [-0.25, -0.2) is 0 Å². The molecule has 3 nitrogen and oxygen atoms in total. The SMILES string of the molecule is CN(CCC1CCCNC1)C(=O)c1cccs1. The van der Waals surface area contributed by atoms with Crippen molar-refractivity contribution < 1.29 is 4.79 Å². The predicted molar refractivity (Wildman–Crippen MR) is 71.5 cm³/mol. The first kappa shape index (κ1) is 12.6. The van der Waals surface area contributed by atoms with Gasteiger partial charge in [-0.3, -0.25) is 4.79 Å². The van der Waals surface area contributed by atoms with Crippen LogP contribution < -0.4 is 5.32 Å². The lowest BCUT2D eigenvalue weighted by atomic mass is 9.96. The van der Waals surface area contributed by atoms with E-state index in [9.17, 15) is 4.79 Å². The molecule has 0 aliphatic carbocycles.